The fourth-order valence-electron chi connectivity index (χ4n) is 3.03. The first-order chi connectivity index (χ1) is 11.0. The average molecular weight is 349 g/mol. The molecule has 3 rings (SSSR count). The number of hydrogen-bond donors (Lipinski definition) is 1. The van der Waals surface area contributed by atoms with Crippen molar-refractivity contribution in [2.45, 2.75) is 12.8 Å². The van der Waals surface area contributed by atoms with Crippen LogP contribution < -0.4 is 0 Å². The summed E-state index contributed by atoms with van der Waals surface area (Å²) in [5, 5.41) is 13.2. The zero-order valence-electron chi connectivity index (χ0n) is 12.3. The molecule has 2 aromatic carbocycles. The number of benzene rings is 2. The standard InChI is InChI=1S/C17H14Cl2N2O2/c1-10-17(13-4-2-3-5-16(13)20-10)14(9-21(22)23)12-7-6-11(18)8-15(12)19/h2-8,14,20H,9H2,1H3/t14-/m1/s1. The molecule has 118 valence electrons. The van der Waals surface area contributed by atoms with Gasteiger partial charge in [0.2, 0.25) is 6.54 Å². The minimum atomic E-state index is -0.439. The van der Waals surface area contributed by atoms with Crippen LogP contribution in [0.2, 0.25) is 10.0 Å². The highest BCUT2D eigenvalue weighted by Gasteiger charge is 2.27. The number of aromatic amines is 1. The number of para-hydroxylation sites is 1. The minimum absolute atomic E-state index is 0.232. The third-order valence-corrected chi connectivity index (χ3v) is 4.52. The number of aromatic nitrogens is 1. The summed E-state index contributed by atoms with van der Waals surface area (Å²) in [7, 11) is 0. The first kappa shape index (κ1) is 15.8. The van der Waals surface area contributed by atoms with E-state index in [9.17, 15) is 10.1 Å². The van der Waals surface area contributed by atoms with Crippen LogP contribution in [-0.4, -0.2) is 16.5 Å². The van der Waals surface area contributed by atoms with Crippen molar-refractivity contribution in [2.24, 2.45) is 0 Å². The van der Waals surface area contributed by atoms with Gasteiger partial charge in [0.05, 0.1) is 5.92 Å². The third kappa shape index (κ3) is 3.05. The fourth-order valence-corrected chi connectivity index (χ4v) is 3.57. The van der Waals surface area contributed by atoms with E-state index in [1.54, 1.807) is 18.2 Å². The number of nitro groups is 1. The van der Waals surface area contributed by atoms with E-state index in [-0.39, 0.29) is 11.5 Å². The second kappa shape index (κ2) is 6.22. The Morgan fingerprint density at radius 1 is 1.22 bits per heavy atom. The van der Waals surface area contributed by atoms with Crippen molar-refractivity contribution < 1.29 is 4.92 Å². The monoisotopic (exact) mass is 348 g/mol. The normalized spacial score (nSPS) is 12.5. The molecule has 0 amide bonds. The van der Waals surface area contributed by atoms with Gasteiger partial charge in [0, 0.05) is 31.6 Å². The molecule has 0 saturated carbocycles. The molecule has 0 fully saturated rings. The smallest absolute Gasteiger partial charge is 0.214 e. The molecule has 1 heterocycles. The van der Waals surface area contributed by atoms with Gasteiger partial charge < -0.3 is 4.98 Å². The van der Waals surface area contributed by atoms with Crippen molar-refractivity contribution >= 4 is 34.1 Å². The van der Waals surface area contributed by atoms with Crippen molar-refractivity contribution in [3.05, 3.63) is 79.4 Å². The van der Waals surface area contributed by atoms with Crippen LogP contribution in [0.25, 0.3) is 10.9 Å². The van der Waals surface area contributed by atoms with Crippen LogP contribution in [-0.2, 0) is 0 Å². The molecule has 1 aromatic heterocycles. The highest BCUT2D eigenvalue weighted by molar-refractivity contribution is 6.35. The summed E-state index contributed by atoms with van der Waals surface area (Å²) < 4.78 is 0. The summed E-state index contributed by atoms with van der Waals surface area (Å²) in [5.41, 5.74) is 3.48. The topological polar surface area (TPSA) is 58.9 Å². The molecular weight excluding hydrogens is 335 g/mol. The van der Waals surface area contributed by atoms with E-state index in [2.05, 4.69) is 4.98 Å². The largest absolute Gasteiger partial charge is 0.358 e. The van der Waals surface area contributed by atoms with E-state index < -0.39 is 5.92 Å². The molecule has 0 spiro atoms. The molecular formula is C17H14Cl2N2O2. The third-order valence-electron chi connectivity index (χ3n) is 3.96. The maximum Gasteiger partial charge on any atom is 0.214 e. The Morgan fingerprint density at radius 3 is 2.65 bits per heavy atom. The lowest BCUT2D eigenvalue weighted by atomic mass is 9.89. The fraction of sp³-hybridized carbons (Fsp3) is 0.176. The van der Waals surface area contributed by atoms with Crippen molar-refractivity contribution in [2.75, 3.05) is 6.54 Å². The van der Waals surface area contributed by atoms with E-state index in [0.717, 1.165) is 22.2 Å². The number of H-pyrrole nitrogens is 1. The van der Waals surface area contributed by atoms with Crippen molar-refractivity contribution in [1.82, 2.24) is 4.98 Å². The Balaban J connectivity index is 2.22. The Kier molecular flexibility index (Phi) is 4.28. The molecule has 0 radical (unpaired) electrons. The van der Waals surface area contributed by atoms with E-state index in [0.29, 0.717) is 15.6 Å². The van der Waals surface area contributed by atoms with Gasteiger partial charge in [-0.05, 0) is 36.2 Å². The Morgan fingerprint density at radius 2 is 1.96 bits per heavy atom. The quantitative estimate of drug-likeness (QED) is 0.520. The molecule has 0 bridgehead atoms. The van der Waals surface area contributed by atoms with Gasteiger partial charge >= 0.3 is 0 Å². The highest BCUT2D eigenvalue weighted by Crippen LogP contribution is 2.37. The Labute approximate surface area is 143 Å². The molecule has 0 saturated heterocycles. The summed E-state index contributed by atoms with van der Waals surface area (Å²) in [6.45, 7) is 1.69. The van der Waals surface area contributed by atoms with Gasteiger partial charge in [0.25, 0.3) is 0 Å². The first-order valence-corrected chi connectivity index (χ1v) is 7.87. The number of aryl methyl sites for hydroxylation is 1. The van der Waals surface area contributed by atoms with Crippen LogP contribution in [0.5, 0.6) is 0 Å². The zero-order valence-corrected chi connectivity index (χ0v) is 13.9. The lowest BCUT2D eigenvalue weighted by Gasteiger charge is -2.16. The summed E-state index contributed by atoms with van der Waals surface area (Å²) >= 11 is 12.3. The van der Waals surface area contributed by atoms with Crippen molar-refractivity contribution in [3.63, 3.8) is 0 Å². The predicted molar refractivity (Wildman–Crippen MR) is 93.2 cm³/mol. The predicted octanol–water partition coefficient (Wildman–Crippen LogP) is 5.19. The second-order valence-corrected chi connectivity index (χ2v) is 6.29. The molecule has 3 aromatic rings. The first-order valence-electron chi connectivity index (χ1n) is 7.11. The van der Waals surface area contributed by atoms with Crippen molar-refractivity contribution in [3.8, 4) is 0 Å². The van der Waals surface area contributed by atoms with Crippen LogP contribution in [0.1, 0.15) is 22.7 Å². The summed E-state index contributed by atoms with van der Waals surface area (Å²) in [6, 6.07) is 12.9. The van der Waals surface area contributed by atoms with Crippen LogP contribution in [0.15, 0.2) is 42.5 Å². The summed E-state index contributed by atoms with van der Waals surface area (Å²) in [5.74, 6) is -0.439. The molecule has 0 aliphatic heterocycles. The molecule has 0 aliphatic rings. The van der Waals surface area contributed by atoms with Crippen LogP contribution in [0, 0.1) is 17.0 Å². The Hall–Kier alpha value is -2.04. The molecule has 1 atom stereocenters. The van der Waals surface area contributed by atoms with Crippen molar-refractivity contribution in [1.29, 1.82) is 0 Å². The van der Waals surface area contributed by atoms with E-state index in [4.69, 9.17) is 23.2 Å². The summed E-state index contributed by atoms with van der Waals surface area (Å²) in [6.07, 6.45) is 0. The Bertz CT molecular complexity index is 889. The van der Waals surface area contributed by atoms with Gasteiger partial charge in [-0.2, -0.15) is 0 Å². The van der Waals surface area contributed by atoms with E-state index in [1.807, 2.05) is 31.2 Å². The number of nitrogens with zero attached hydrogens (tertiary/aromatic N) is 1. The lowest BCUT2D eigenvalue weighted by molar-refractivity contribution is -0.481. The maximum atomic E-state index is 11.2. The van der Waals surface area contributed by atoms with Gasteiger partial charge in [0.1, 0.15) is 0 Å². The molecule has 1 N–H and O–H groups in total. The SMILES string of the molecule is Cc1[nH]c2ccccc2c1[C@H](C[N+](=O)[O-])c1ccc(Cl)cc1Cl. The molecule has 0 aliphatic carbocycles. The lowest BCUT2D eigenvalue weighted by Crippen LogP contribution is -2.15. The van der Waals surface area contributed by atoms with Gasteiger partial charge in [-0.3, -0.25) is 10.1 Å². The second-order valence-electron chi connectivity index (χ2n) is 5.44. The van der Waals surface area contributed by atoms with Crippen LogP contribution in [0.3, 0.4) is 0 Å². The average Bonchev–Trinajstić information content (AvgIpc) is 2.81. The molecule has 0 unspecified atom stereocenters. The number of halogens is 2. The molecule has 23 heavy (non-hydrogen) atoms. The van der Waals surface area contributed by atoms with Crippen LogP contribution in [0.4, 0.5) is 0 Å². The number of fused-ring (bicyclic) bond motifs is 1. The minimum Gasteiger partial charge on any atom is -0.358 e. The molecule has 4 nitrogen and oxygen atoms in total. The zero-order chi connectivity index (χ0) is 16.6. The van der Waals surface area contributed by atoms with Crippen LogP contribution >= 0.6 is 23.2 Å². The van der Waals surface area contributed by atoms with Gasteiger partial charge in [0.15, 0.2) is 0 Å². The van der Waals surface area contributed by atoms with Gasteiger partial charge in [-0.25, -0.2) is 0 Å². The van der Waals surface area contributed by atoms with Gasteiger partial charge in [-0.1, -0.05) is 47.5 Å². The van der Waals surface area contributed by atoms with Gasteiger partial charge in [-0.15, -0.1) is 0 Å². The number of nitrogens with one attached hydrogen (secondary N) is 1. The maximum absolute atomic E-state index is 11.2. The number of rotatable bonds is 4. The molecule has 6 heteroatoms. The van der Waals surface area contributed by atoms with E-state index in [1.165, 1.54) is 0 Å². The number of hydrogen-bond acceptors (Lipinski definition) is 2. The highest BCUT2D eigenvalue weighted by atomic mass is 35.5. The van der Waals surface area contributed by atoms with E-state index >= 15 is 0 Å². The summed E-state index contributed by atoms with van der Waals surface area (Å²) in [4.78, 5) is 14.2.